The number of aryl methyl sites for hydroxylation is 1. The van der Waals surface area contributed by atoms with Crippen LogP contribution in [0.5, 0.6) is 0 Å². The maximum absolute atomic E-state index is 12.5. The Kier molecular flexibility index (Phi) is 6.58. The third-order valence-electron chi connectivity index (χ3n) is 4.03. The van der Waals surface area contributed by atoms with Gasteiger partial charge in [0.1, 0.15) is 5.25 Å². The molecular formula is C17H25NO2S. The molecule has 4 heteroatoms. The van der Waals surface area contributed by atoms with Crippen molar-refractivity contribution in [2.45, 2.75) is 37.9 Å². The molecule has 0 fully saturated rings. The van der Waals surface area contributed by atoms with Crippen molar-refractivity contribution in [3.63, 3.8) is 0 Å². The van der Waals surface area contributed by atoms with Crippen LogP contribution in [0, 0.1) is 5.92 Å². The summed E-state index contributed by atoms with van der Waals surface area (Å²) in [6, 6.07) is 8.25. The Morgan fingerprint density at radius 1 is 1.43 bits per heavy atom. The van der Waals surface area contributed by atoms with Gasteiger partial charge in [0.05, 0.1) is 0 Å². The predicted octanol–water partition coefficient (Wildman–Crippen LogP) is 2.93. The number of hydrogen-bond donors (Lipinski definition) is 2. The van der Waals surface area contributed by atoms with E-state index in [1.165, 1.54) is 11.1 Å². The van der Waals surface area contributed by atoms with Crippen LogP contribution in [0.15, 0.2) is 24.3 Å². The van der Waals surface area contributed by atoms with Crippen molar-refractivity contribution in [3.05, 3.63) is 35.4 Å². The Bertz CT molecular complexity index is 458. The second kappa shape index (κ2) is 8.44. The normalized spacial score (nSPS) is 18.9. The van der Waals surface area contributed by atoms with Crippen molar-refractivity contribution in [1.82, 2.24) is 5.32 Å². The van der Waals surface area contributed by atoms with Gasteiger partial charge in [0.2, 0.25) is 5.91 Å². The van der Waals surface area contributed by atoms with Gasteiger partial charge in [0.25, 0.3) is 0 Å². The summed E-state index contributed by atoms with van der Waals surface area (Å²) in [7, 11) is 0. The molecular weight excluding hydrogens is 282 g/mol. The largest absolute Gasteiger partial charge is 0.396 e. The minimum atomic E-state index is -0.0775. The van der Waals surface area contributed by atoms with E-state index in [-0.39, 0.29) is 17.8 Å². The van der Waals surface area contributed by atoms with E-state index in [1.54, 1.807) is 11.8 Å². The highest BCUT2D eigenvalue weighted by molar-refractivity contribution is 8.00. The van der Waals surface area contributed by atoms with Crippen molar-refractivity contribution in [2.24, 2.45) is 5.92 Å². The van der Waals surface area contributed by atoms with Crippen LogP contribution >= 0.6 is 11.8 Å². The lowest BCUT2D eigenvalue weighted by molar-refractivity contribution is -0.120. The fourth-order valence-electron chi connectivity index (χ4n) is 2.89. The standard InChI is InChI=1S/C17H25NO2S/c1-2-5-13(8-10-19)12-18-17(20)16-15-7-4-3-6-14(15)9-11-21-16/h3-4,6-7,13,16,19H,2,5,8-12H2,1H3,(H,18,20). The van der Waals surface area contributed by atoms with Crippen LogP contribution in [0.1, 0.15) is 42.6 Å². The fourth-order valence-corrected chi connectivity index (χ4v) is 4.11. The lowest BCUT2D eigenvalue weighted by Gasteiger charge is -2.25. The zero-order valence-corrected chi connectivity index (χ0v) is 13.5. The number of hydrogen-bond acceptors (Lipinski definition) is 3. The van der Waals surface area contributed by atoms with Gasteiger partial charge in [-0.05, 0) is 42.1 Å². The molecule has 0 saturated heterocycles. The number of carbonyl (C=O) groups is 1. The topological polar surface area (TPSA) is 49.3 Å². The number of aliphatic hydroxyl groups is 1. The van der Waals surface area contributed by atoms with E-state index in [2.05, 4.69) is 24.4 Å². The van der Waals surface area contributed by atoms with E-state index in [9.17, 15) is 4.79 Å². The van der Waals surface area contributed by atoms with Crippen LogP contribution in [-0.4, -0.2) is 29.9 Å². The van der Waals surface area contributed by atoms with Crippen LogP contribution in [0.4, 0.5) is 0 Å². The lowest BCUT2D eigenvalue weighted by atomic mass is 9.99. The molecule has 2 N–H and O–H groups in total. The summed E-state index contributed by atoms with van der Waals surface area (Å²) in [6.45, 7) is 3.01. The summed E-state index contributed by atoms with van der Waals surface area (Å²) in [6.07, 6.45) is 3.95. The number of aliphatic hydroxyl groups excluding tert-OH is 1. The average Bonchev–Trinajstić information content (AvgIpc) is 2.52. The smallest absolute Gasteiger partial charge is 0.237 e. The molecule has 0 aliphatic carbocycles. The Hall–Kier alpha value is -1.00. The van der Waals surface area contributed by atoms with Crippen LogP contribution in [0.3, 0.4) is 0 Å². The van der Waals surface area contributed by atoms with Crippen molar-refractivity contribution < 1.29 is 9.90 Å². The summed E-state index contributed by atoms with van der Waals surface area (Å²) in [5.74, 6) is 1.50. The maximum atomic E-state index is 12.5. The molecule has 1 aliphatic rings. The van der Waals surface area contributed by atoms with Gasteiger partial charge in [-0.1, -0.05) is 37.6 Å². The first-order chi connectivity index (χ1) is 10.3. The molecule has 0 aromatic heterocycles. The van der Waals surface area contributed by atoms with Crippen molar-refractivity contribution >= 4 is 17.7 Å². The zero-order valence-electron chi connectivity index (χ0n) is 12.7. The monoisotopic (exact) mass is 307 g/mol. The second-order valence-corrected chi connectivity index (χ2v) is 6.82. The second-order valence-electron chi connectivity index (χ2n) is 5.61. The van der Waals surface area contributed by atoms with Crippen LogP contribution in [0.2, 0.25) is 0 Å². The minimum Gasteiger partial charge on any atom is -0.396 e. The lowest BCUT2D eigenvalue weighted by Crippen LogP contribution is -2.34. The third kappa shape index (κ3) is 4.48. The van der Waals surface area contributed by atoms with Gasteiger partial charge in [-0.15, -0.1) is 11.8 Å². The molecule has 0 spiro atoms. The van der Waals surface area contributed by atoms with Gasteiger partial charge in [0, 0.05) is 13.2 Å². The van der Waals surface area contributed by atoms with Crippen molar-refractivity contribution in [3.8, 4) is 0 Å². The number of amides is 1. The Balaban J connectivity index is 1.95. The molecule has 1 aromatic carbocycles. The quantitative estimate of drug-likeness (QED) is 0.814. The van der Waals surface area contributed by atoms with E-state index in [1.807, 2.05) is 12.1 Å². The molecule has 116 valence electrons. The molecule has 0 bridgehead atoms. The molecule has 2 rings (SSSR count). The van der Waals surface area contributed by atoms with Gasteiger partial charge < -0.3 is 10.4 Å². The number of fused-ring (bicyclic) bond motifs is 1. The highest BCUT2D eigenvalue weighted by Gasteiger charge is 2.26. The molecule has 1 aromatic rings. The molecule has 21 heavy (non-hydrogen) atoms. The maximum Gasteiger partial charge on any atom is 0.237 e. The van der Waals surface area contributed by atoms with Gasteiger partial charge >= 0.3 is 0 Å². The van der Waals surface area contributed by atoms with Gasteiger partial charge in [-0.3, -0.25) is 4.79 Å². The zero-order chi connectivity index (χ0) is 15.1. The average molecular weight is 307 g/mol. The van der Waals surface area contributed by atoms with Crippen molar-refractivity contribution in [2.75, 3.05) is 18.9 Å². The van der Waals surface area contributed by atoms with Crippen LogP contribution < -0.4 is 5.32 Å². The van der Waals surface area contributed by atoms with Gasteiger partial charge in [-0.25, -0.2) is 0 Å². The molecule has 1 heterocycles. The number of nitrogens with one attached hydrogen (secondary N) is 1. The Morgan fingerprint density at radius 2 is 2.24 bits per heavy atom. The van der Waals surface area contributed by atoms with Crippen molar-refractivity contribution in [1.29, 1.82) is 0 Å². The highest BCUT2D eigenvalue weighted by Crippen LogP contribution is 2.36. The van der Waals surface area contributed by atoms with E-state index in [0.29, 0.717) is 12.5 Å². The summed E-state index contributed by atoms with van der Waals surface area (Å²) >= 11 is 1.73. The highest BCUT2D eigenvalue weighted by atomic mass is 32.2. The van der Waals surface area contributed by atoms with E-state index >= 15 is 0 Å². The first kappa shape index (κ1) is 16.4. The number of carbonyl (C=O) groups excluding carboxylic acids is 1. The first-order valence-electron chi connectivity index (χ1n) is 7.84. The Morgan fingerprint density at radius 3 is 3.00 bits per heavy atom. The molecule has 0 radical (unpaired) electrons. The van der Waals surface area contributed by atoms with Gasteiger partial charge in [0.15, 0.2) is 0 Å². The van der Waals surface area contributed by atoms with Crippen LogP contribution in [-0.2, 0) is 11.2 Å². The molecule has 2 atom stereocenters. The Labute approximate surface area is 131 Å². The molecule has 1 aliphatic heterocycles. The van der Waals surface area contributed by atoms with E-state index in [0.717, 1.165) is 31.4 Å². The number of rotatable bonds is 7. The first-order valence-corrected chi connectivity index (χ1v) is 8.89. The van der Waals surface area contributed by atoms with Gasteiger partial charge in [-0.2, -0.15) is 0 Å². The molecule has 0 saturated carbocycles. The summed E-state index contributed by atoms with van der Waals surface area (Å²) in [5.41, 5.74) is 2.47. The summed E-state index contributed by atoms with van der Waals surface area (Å²) in [5, 5.41) is 12.1. The molecule has 2 unspecified atom stereocenters. The predicted molar refractivity (Wildman–Crippen MR) is 88.5 cm³/mol. The fraction of sp³-hybridized carbons (Fsp3) is 0.588. The third-order valence-corrected chi connectivity index (χ3v) is 5.27. The number of benzene rings is 1. The van der Waals surface area contributed by atoms with E-state index in [4.69, 9.17) is 5.11 Å². The molecule has 3 nitrogen and oxygen atoms in total. The SMILES string of the molecule is CCCC(CCO)CNC(=O)C1SCCc2ccccc21. The van der Waals surface area contributed by atoms with E-state index < -0.39 is 0 Å². The summed E-state index contributed by atoms with van der Waals surface area (Å²) < 4.78 is 0. The van der Waals surface area contributed by atoms with Crippen LogP contribution in [0.25, 0.3) is 0 Å². The molecule has 1 amide bonds. The summed E-state index contributed by atoms with van der Waals surface area (Å²) in [4.78, 5) is 12.5. The minimum absolute atomic E-state index is 0.0775. The number of thioether (sulfide) groups is 1.